The summed E-state index contributed by atoms with van der Waals surface area (Å²) >= 11 is 0. The lowest BCUT2D eigenvalue weighted by Crippen LogP contribution is -2.36. The number of allylic oxidation sites excluding steroid dienone is 3. The maximum Gasteiger partial charge on any atom is 0.227 e. The van der Waals surface area contributed by atoms with Crippen LogP contribution in [0.2, 0.25) is 0 Å². The molecular weight excluding hydrogens is 228 g/mol. The second-order valence-corrected chi connectivity index (χ2v) is 5.55. The van der Waals surface area contributed by atoms with Crippen molar-refractivity contribution in [1.82, 2.24) is 0 Å². The Labute approximate surface area is 108 Å². The smallest absolute Gasteiger partial charge is 0.227 e. The number of hydrogen-bond acceptors (Lipinski definition) is 3. The SMILES string of the molecule is C=C(CO)C1=CC2(C)C(=C(O)C1=O)CCCC2C. The van der Waals surface area contributed by atoms with Gasteiger partial charge in [0.25, 0.3) is 0 Å². The van der Waals surface area contributed by atoms with Crippen LogP contribution in [0.1, 0.15) is 33.1 Å². The summed E-state index contributed by atoms with van der Waals surface area (Å²) in [5.41, 5.74) is 1.31. The van der Waals surface area contributed by atoms with Crippen molar-refractivity contribution in [3.8, 4) is 0 Å². The zero-order chi connectivity index (χ0) is 13.5. The fourth-order valence-corrected chi connectivity index (χ4v) is 3.03. The molecule has 0 amide bonds. The molecule has 0 saturated heterocycles. The number of fused-ring (bicyclic) bond motifs is 1. The van der Waals surface area contributed by atoms with Gasteiger partial charge in [-0.25, -0.2) is 0 Å². The van der Waals surface area contributed by atoms with Gasteiger partial charge in [0, 0.05) is 11.0 Å². The summed E-state index contributed by atoms with van der Waals surface area (Å²) < 4.78 is 0. The molecule has 3 heteroatoms. The average Bonchev–Trinajstić information content (AvgIpc) is 2.35. The van der Waals surface area contributed by atoms with Crippen LogP contribution in [0.5, 0.6) is 0 Å². The van der Waals surface area contributed by atoms with Crippen LogP contribution in [0, 0.1) is 11.3 Å². The molecule has 0 bridgehead atoms. The summed E-state index contributed by atoms with van der Waals surface area (Å²) in [6, 6.07) is 0. The summed E-state index contributed by atoms with van der Waals surface area (Å²) in [4.78, 5) is 12.1. The average molecular weight is 248 g/mol. The topological polar surface area (TPSA) is 57.5 Å². The first kappa shape index (κ1) is 13.1. The van der Waals surface area contributed by atoms with E-state index < -0.39 is 5.78 Å². The van der Waals surface area contributed by atoms with Gasteiger partial charge in [-0.3, -0.25) is 4.79 Å². The Hall–Kier alpha value is -1.35. The number of carbonyl (C=O) groups is 1. The molecule has 0 aliphatic heterocycles. The minimum Gasteiger partial charge on any atom is -0.504 e. The zero-order valence-electron chi connectivity index (χ0n) is 11.0. The van der Waals surface area contributed by atoms with E-state index in [9.17, 15) is 9.90 Å². The molecule has 2 aliphatic carbocycles. The summed E-state index contributed by atoms with van der Waals surface area (Å²) in [5.74, 6) is -0.148. The molecule has 0 aromatic carbocycles. The normalized spacial score (nSPS) is 32.1. The van der Waals surface area contributed by atoms with Crippen LogP contribution in [0.3, 0.4) is 0 Å². The first-order chi connectivity index (χ1) is 8.41. The lowest BCUT2D eigenvalue weighted by molar-refractivity contribution is -0.115. The Morgan fingerprint density at radius 3 is 2.89 bits per heavy atom. The van der Waals surface area contributed by atoms with Gasteiger partial charge in [-0.2, -0.15) is 0 Å². The third kappa shape index (κ3) is 1.74. The Morgan fingerprint density at radius 2 is 2.28 bits per heavy atom. The highest BCUT2D eigenvalue weighted by atomic mass is 16.3. The molecule has 2 aliphatic rings. The Morgan fingerprint density at radius 1 is 1.61 bits per heavy atom. The monoisotopic (exact) mass is 248 g/mol. The van der Waals surface area contributed by atoms with Crippen molar-refractivity contribution in [2.24, 2.45) is 11.3 Å². The fourth-order valence-electron chi connectivity index (χ4n) is 3.03. The van der Waals surface area contributed by atoms with Crippen molar-refractivity contribution >= 4 is 5.78 Å². The third-order valence-corrected chi connectivity index (χ3v) is 4.50. The highest BCUT2D eigenvalue weighted by molar-refractivity contribution is 6.11. The Balaban J connectivity index is 2.54. The number of aliphatic hydroxyl groups excluding tert-OH is 2. The van der Waals surface area contributed by atoms with Crippen molar-refractivity contribution in [2.45, 2.75) is 33.1 Å². The van der Waals surface area contributed by atoms with Gasteiger partial charge in [-0.15, -0.1) is 0 Å². The number of Topliss-reactive ketones (excluding diaryl/α,β-unsaturated/α-hetero) is 1. The van der Waals surface area contributed by atoms with E-state index in [-0.39, 0.29) is 17.8 Å². The van der Waals surface area contributed by atoms with Crippen LogP contribution in [-0.2, 0) is 4.79 Å². The molecule has 98 valence electrons. The molecule has 3 nitrogen and oxygen atoms in total. The van der Waals surface area contributed by atoms with E-state index in [1.165, 1.54) is 0 Å². The van der Waals surface area contributed by atoms with Crippen molar-refractivity contribution in [1.29, 1.82) is 0 Å². The van der Waals surface area contributed by atoms with Crippen LogP contribution in [-0.4, -0.2) is 22.6 Å². The highest BCUT2D eigenvalue weighted by Gasteiger charge is 2.43. The number of ketones is 1. The third-order valence-electron chi connectivity index (χ3n) is 4.50. The molecule has 18 heavy (non-hydrogen) atoms. The molecule has 1 saturated carbocycles. The van der Waals surface area contributed by atoms with Gasteiger partial charge in [-0.1, -0.05) is 26.5 Å². The molecule has 2 unspecified atom stereocenters. The van der Waals surface area contributed by atoms with Crippen molar-refractivity contribution < 1.29 is 15.0 Å². The zero-order valence-corrected chi connectivity index (χ0v) is 11.0. The van der Waals surface area contributed by atoms with E-state index in [2.05, 4.69) is 20.4 Å². The lowest BCUT2D eigenvalue weighted by atomic mass is 9.61. The molecule has 0 aromatic heterocycles. The molecule has 0 aromatic rings. The number of aliphatic hydroxyl groups is 2. The molecule has 2 atom stereocenters. The minimum absolute atomic E-state index is 0.129. The van der Waals surface area contributed by atoms with Crippen molar-refractivity contribution in [3.63, 3.8) is 0 Å². The van der Waals surface area contributed by atoms with Crippen LogP contribution < -0.4 is 0 Å². The molecule has 0 heterocycles. The fraction of sp³-hybridized carbons (Fsp3) is 0.533. The molecule has 2 N–H and O–H groups in total. The predicted octanol–water partition coefficient (Wildman–Crippen LogP) is 2.68. The lowest BCUT2D eigenvalue weighted by Gasteiger charge is -2.42. The summed E-state index contributed by atoms with van der Waals surface area (Å²) in [6.45, 7) is 7.64. The first-order valence-electron chi connectivity index (χ1n) is 6.41. The van der Waals surface area contributed by atoms with Crippen molar-refractivity contribution in [3.05, 3.63) is 35.1 Å². The van der Waals surface area contributed by atoms with E-state index in [1.807, 2.05) is 6.08 Å². The van der Waals surface area contributed by atoms with E-state index in [0.717, 1.165) is 24.8 Å². The van der Waals surface area contributed by atoms with Gasteiger partial charge in [0.1, 0.15) is 0 Å². The number of hydrogen-bond donors (Lipinski definition) is 2. The number of rotatable bonds is 2. The molecule has 1 fully saturated rings. The van der Waals surface area contributed by atoms with Crippen LogP contribution >= 0.6 is 0 Å². The first-order valence-corrected chi connectivity index (χ1v) is 6.41. The van der Waals surface area contributed by atoms with E-state index in [0.29, 0.717) is 17.1 Å². The Bertz CT molecular complexity index is 470. The maximum absolute atomic E-state index is 12.1. The molecular formula is C15H20O3. The second-order valence-electron chi connectivity index (χ2n) is 5.55. The minimum atomic E-state index is -0.393. The molecule has 2 rings (SSSR count). The van der Waals surface area contributed by atoms with Gasteiger partial charge in [0.15, 0.2) is 5.76 Å². The van der Waals surface area contributed by atoms with E-state index >= 15 is 0 Å². The molecule has 0 radical (unpaired) electrons. The van der Waals surface area contributed by atoms with Gasteiger partial charge >= 0.3 is 0 Å². The van der Waals surface area contributed by atoms with Crippen LogP contribution in [0.25, 0.3) is 0 Å². The van der Waals surface area contributed by atoms with Gasteiger partial charge in [0.05, 0.1) is 6.61 Å². The predicted molar refractivity (Wildman–Crippen MR) is 70.1 cm³/mol. The largest absolute Gasteiger partial charge is 0.504 e. The quantitative estimate of drug-likeness (QED) is 0.790. The highest BCUT2D eigenvalue weighted by Crippen LogP contribution is 2.50. The summed E-state index contributed by atoms with van der Waals surface area (Å²) in [6.07, 6.45) is 4.75. The van der Waals surface area contributed by atoms with E-state index in [1.54, 1.807) is 0 Å². The van der Waals surface area contributed by atoms with Crippen LogP contribution in [0.15, 0.2) is 35.1 Å². The maximum atomic E-state index is 12.1. The number of carbonyl (C=O) groups excluding carboxylic acids is 1. The van der Waals surface area contributed by atoms with Gasteiger partial charge in [0.2, 0.25) is 5.78 Å². The molecule has 0 spiro atoms. The second kappa shape index (κ2) is 4.39. The standard InChI is InChI=1S/C15H20O3/c1-9(8-16)11-7-15(3)10(2)5-4-6-12(15)14(18)13(11)17/h7,10,16,18H,1,4-6,8H2,2-3H3. The van der Waals surface area contributed by atoms with Crippen LogP contribution in [0.4, 0.5) is 0 Å². The summed E-state index contributed by atoms with van der Waals surface area (Å²) in [7, 11) is 0. The van der Waals surface area contributed by atoms with Crippen molar-refractivity contribution in [2.75, 3.05) is 6.61 Å². The summed E-state index contributed by atoms with van der Waals surface area (Å²) in [5, 5.41) is 19.3. The Kier molecular flexibility index (Phi) is 3.20. The van der Waals surface area contributed by atoms with Gasteiger partial charge in [-0.05, 0) is 36.3 Å². The van der Waals surface area contributed by atoms with Gasteiger partial charge < -0.3 is 10.2 Å². The van der Waals surface area contributed by atoms with E-state index in [4.69, 9.17) is 5.11 Å².